The average Bonchev–Trinajstić information content (AvgIpc) is 2.22. The van der Waals surface area contributed by atoms with Gasteiger partial charge in [-0.25, -0.2) is 0 Å². The third kappa shape index (κ3) is 10.9. The molecule has 5 heteroatoms. The van der Waals surface area contributed by atoms with Crippen molar-refractivity contribution in [1.29, 1.82) is 0 Å². The lowest BCUT2D eigenvalue weighted by Gasteiger charge is -2.16. The minimum atomic E-state index is 0.141. The molecule has 3 unspecified atom stereocenters. The van der Waals surface area contributed by atoms with Gasteiger partial charge in [0.2, 0.25) is 0 Å². The summed E-state index contributed by atoms with van der Waals surface area (Å²) in [4.78, 5) is 0. The highest BCUT2D eigenvalue weighted by Gasteiger charge is 2.11. The highest BCUT2D eigenvalue weighted by atomic mass is 32.2. The van der Waals surface area contributed by atoms with Gasteiger partial charge < -0.3 is 0 Å². The summed E-state index contributed by atoms with van der Waals surface area (Å²) in [5, 5.41) is 1.41. The Morgan fingerprint density at radius 1 is 0.688 bits per heavy atom. The molecule has 0 rings (SSSR count). The molecule has 0 spiro atoms. The zero-order valence-electron chi connectivity index (χ0n) is 9.79. The summed E-state index contributed by atoms with van der Waals surface area (Å²) in [6, 6.07) is 0. The molecule has 0 nitrogen and oxygen atoms in total. The van der Waals surface area contributed by atoms with E-state index in [0.29, 0.717) is 15.7 Å². The van der Waals surface area contributed by atoms with Gasteiger partial charge in [-0.05, 0) is 38.5 Å². The van der Waals surface area contributed by atoms with E-state index in [1.807, 2.05) is 0 Å². The Labute approximate surface area is 128 Å². The first-order chi connectivity index (χ1) is 7.45. The molecule has 0 saturated carbocycles. The van der Waals surface area contributed by atoms with Crippen LogP contribution in [0.4, 0.5) is 0 Å². The smallest absolute Gasteiger partial charge is 0.0452 e. The molecule has 0 aliphatic rings. The molecule has 0 fully saturated rings. The summed E-state index contributed by atoms with van der Waals surface area (Å²) < 4.78 is 0.141. The van der Waals surface area contributed by atoms with Gasteiger partial charge in [0.25, 0.3) is 0 Å². The van der Waals surface area contributed by atoms with Gasteiger partial charge in [0.15, 0.2) is 0 Å². The Kier molecular flexibility index (Phi) is 11.8. The van der Waals surface area contributed by atoms with Gasteiger partial charge in [-0.2, -0.15) is 63.1 Å². The highest BCUT2D eigenvalue weighted by molar-refractivity contribution is 7.99. The molecule has 0 aromatic rings. The predicted octanol–water partition coefficient (Wildman–Crippen LogP) is 4.43. The third-order valence-corrected chi connectivity index (χ3v) is 4.65. The van der Waals surface area contributed by atoms with Gasteiger partial charge in [0, 0.05) is 20.3 Å². The van der Waals surface area contributed by atoms with Crippen molar-refractivity contribution < 1.29 is 0 Å². The van der Waals surface area contributed by atoms with Crippen LogP contribution in [0.15, 0.2) is 0 Å². The molecule has 0 aromatic heterocycles. The lowest BCUT2D eigenvalue weighted by molar-refractivity contribution is 0.599. The maximum atomic E-state index is 4.60. The van der Waals surface area contributed by atoms with E-state index in [1.165, 1.54) is 0 Å². The second-order valence-electron chi connectivity index (χ2n) is 4.24. The quantitative estimate of drug-likeness (QED) is 0.302. The molecular formula is C11H24S5. The highest BCUT2D eigenvalue weighted by Crippen LogP contribution is 2.22. The molecule has 98 valence electrons. The number of rotatable bonds is 9. The van der Waals surface area contributed by atoms with Crippen LogP contribution in [0, 0.1) is 0 Å². The van der Waals surface area contributed by atoms with Crippen LogP contribution in [-0.2, 0) is 0 Å². The molecular weight excluding hydrogens is 292 g/mol. The van der Waals surface area contributed by atoms with Gasteiger partial charge in [-0.1, -0.05) is 6.92 Å². The topological polar surface area (TPSA) is 0 Å². The van der Waals surface area contributed by atoms with Gasteiger partial charge in [-0.3, -0.25) is 0 Å². The van der Waals surface area contributed by atoms with E-state index in [4.69, 9.17) is 0 Å². The van der Waals surface area contributed by atoms with Crippen LogP contribution < -0.4 is 0 Å². The van der Waals surface area contributed by atoms with Crippen LogP contribution in [0.5, 0.6) is 0 Å². The molecule has 16 heavy (non-hydrogen) atoms. The van der Waals surface area contributed by atoms with Gasteiger partial charge in [0.05, 0.1) is 0 Å². The molecule has 3 atom stereocenters. The van der Waals surface area contributed by atoms with E-state index in [1.54, 1.807) is 0 Å². The molecule has 0 saturated heterocycles. The molecule has 0 N–H and O–H groups in total. The minimum Gasteiger partial charge on any atom is -0.176 e. The third-order valence-electron chi connectivity index (χ3n) is 2.62. The molecule has 0 aliphatic heterocycles. The van der Waals surface area contributed by atoms with Gasteiger partial charge in [-0.15, -0.1) is 0 Å². The Balaban J connectivity index is 3.52. The normalized spacial score (nSPS) is 17.4. The first-order valence-corrected chi connectivity index (χ1v) is 8.44. The summed E-state index contributed by atoms with van der Waals surface area (Å²) in [5.41, 5.74) is 0. The van der Waals surface area contributed by atoms with Gasteiger partial charge >= 0.3 is 0 Å². The molecule has 0 aliphatic carbocycles. The Morgan fingerprint density at radius 2 is 1.12 bits per heavy atom. The minimum absolute atomic E-state index is 0.141. The lowest BCUT2D eigenvalue weighted by Crippen LogP contribution is -2.09. The zero-order chi connectivity index (χ0) is 12.6. The van der Waals surface area contributed by atoms with Crippen LogP contribution in [0.3, 0.4) is 0 Å². The van der Waals surface area contributed by atoms with E-state index < -0.39 is 0 Å². The van der Waals surface area contributed by atoms with Crippen molar-refractivity contribution in [2.75, 3.05) is 0 Å². The second kappa shape index (κ2) is 10.7. The summed E-state index contributed by atoms with van der Waals surface area (Å²) in [6.45, 7) is 2.18. The molecule has 0 aromatic carbocycles. The van der Waals surface area contributed by atoms with Crippen molar-refractivity contribution in [3.63, 3.8) is 0 Å². The maximum Gasteiger partial charge on any atom is 0.0452 e. The zero-order valence-corrected chi connectivity index (χ0v) is 14.3. The Morgan fingerprint density at radius 3 is 1.56 bits per heavy atom. The van der Waals surface area contributed by atoms with E-state index >= 15 is 0 Å². The van der Waals surface area contributed by atoms with Crippen molar-refractivity contribution in [2.45, 2.75) is 65.8 Å². The SMILES string of the molecule is CCC(S)CCC(S)CCC(S)CC(S)S. The van der Waals surface area contributed by atoms with Crippen molar-refractivity contribution in [2.24, 2.45) is 0 Å². The molecule has 0 heterocycles. The number of hydrogen-bond donors (Lipinski definition) is 5. The first kappa shape index (κ1) is 17.8. The predicted molar refractivity (Wildman–Crippen MR) is 93.5 cm³/mol. The van der Waals surface area contributed by atoms with Crippen molar-refractivity contribution in [3.8, 4) is 0 Å². The monoisotopic (exact) mass is 316 g/mol. The maximum absolute atomic E-state index is 4.60. The average molecular weight is 317 g/mol. The van der Waals surface area contributed by atoms with Crippen molar-refractivity contribution >= 4 is 63.1 Å². The Bertz CT molecular complexity index is 162. The van der Waals surface area contributed by atoms with Gasteiger partial charge in [0.1, 0.15) is 0 Å². The fraction of sp³-hybridized carbons (Fsp3) is 1.00. The summed E-state index contributed by atoms with van der Waals surface area (Å²) in [5.74, 6) is 0. The van der Waals surface area contributed by atoms with E-state index in [2.05, 4.69) is 70.1 Å². The van der Waals surface area contributed by atoms with Crippen LogP contribution in [0.1, 0.15) is 45.4 Å². The Hall–Kier alpha value is 1.75. The standard InChI is InChI=1S/C11H24S5/c1-2-8(12)3-4-9(13)5-6-10(14)7-11(15)16/h8-16H,2-7H2,1H3. The van der Waals surface area contributed by atoms with Crippen molar-refractivity contribution in [3.05, 3.63) is 0 Å². The van der Waals surface area contributed by atoms with E-state index in [0.717, 1.165) is 38.5 Å². The van der Waals surface area contributed by atoms with Crippen LogP contribution >= 0.6 is 63.1 Å². The second-order valence-corrected chi connectivity index (χ2v) is 8.09. The van der Waals surface area contributed by atoms with Crippen LogP contribution in [0.2, 0.25) is 0 Å². The van der Waals surface area contributed by atoms with E-state index in [9.17, 15) is 0 Å². The fourth-order valence-electron chi connectivity index (χ4n) is 1.48. The largest absolute Gasteiger partial charge is 0.176 e. The first-order valence-electron chi connectivity index (χ1n) is 5.86. The molecule has 0 amide bonds. The molecule has 0 radical (unpaired) electrons. The van der Waals surface area contributed by atoms with Crippen LogP contribution in [-0.4, -0.2) is 20.3 Å². The van der Waals surface area contributed by atoms with Crippen molar-refractivity contribution in [1.82, 2.24) is 0 Å². The summed E-state index contributed by atoms with van der Waals surface area (Å²) >= 11 is 22.1. The summed E-state index contributed by atoms with van der Waals surface area (Å²) in [7, 11) is 0. The van der Waals surface area contributed by atoms with E-state index in [-0.39, 0.29) is 4.58 Å². The summed E-state index contributed by atoms with van der Waals surface area (Å²) in [6.07, 6.45) is 6.61. The fourth-order valence-corrected chi connectivity index (χ4v) is 3.13. The molecule has 0 bridgehead atoms. The number of thiol groups is 5. The number of hydrogen-bond acceptors (Lipinski definition) is 5. The van der Waals surface area contributed by atoms with Crippen LogP contribution in [0.25, 0.3) is 0 Å². The lowest BCUT2D eigenvalue weighted by atomic mass is 10.1.